The molecule has 0 rings (SSSR count). The van der Waals surface area contributed by atoms with E-state index < -0.39 is 23.2 Å². The summed E-state index contributed by atoms with van der Waals surface area (Å²) in [5.41, 5.74) is 10.8. The van der Waals surface area contributed by atoms with Crippen LogP contribution in [-0.2, 0) is 9.53 Å². The number of carbonyl (C=O) groups is 1. The minimum atomic E-state index is -0.691. The highest BCUT2D eigenvalue weighted by atomic mass is 16.5. The zero-order valence-corrected chi connectivity index (χ0v) is 10.3. The van der Waals surface area contributed by atoms with Crippen LogP contribution in [0.15, 0.2) is 12.2 Å². The van der Waals surface area contributed by atoms with Gasteiger partial charge in [-0.3, -0.25) is 0 Å². The lowest BCUT2D eigenvalue weighted by Crippen LogP contribution is -2.61. The highest BCUT2D eigenvalue weighted by Gasteiger charge is 2.39. The van der Waals surface area contributed by atoms with Gasteiger partial charge in [-0.25, -0.2) is 4.79 Å². The van der Waals surface area contributed by atoms with Gasteiger partial charge in [0.25, 0.3) is 0 Å². The van der Waals surface area contributed by atoms with E-state index in [9.17, 15) is 4.79 Å². The summed E-state index contributed by atoms with van der Waals surface area (Å²) in [6.07, 6.45) is -0.561. The van der Waals surface area contributed by atoms with Crippen LogP contribution in [0.25, 0.3) is 0 Å². The molecule has 0 aromatic rings. The normalized spacial score (nSPS) is 12.8. The van der Waals surface area contributed by atoms with E-state index in [1.165, 1.54) is 0 Å². The van der Waals surface area contributed by atoms with Crippen molar-refractivity contribution in [1.29, 1.82) is 0 Å². The highest BCUT2D eigenvalue weighted by molar-refractivity contribution is 5.87. The predicted octanol–water partition coefficient (Wildman–Crippen LogP) is 0.949. The van der Waals surface area contributed by atoms with Crippen LogP contribution in [0.5, 0.6) is 0 Å². The van der Waals surface area contributed by atoms with Crippen LogP contribution >= 0.6 is 0 Å². The Morgan fingerprint density at radius 2 is 1.53 bits per heavy atom. The van der Waals surface area contributed by atoms with Gasteiger partial charge in [-0.05, 0) is 34.6 Å². The molecule has 0 unspecified atom stereocenters. The summed E-state index contributed by atoms with van der Waals surface area (Å²) < 4.78 is 5.25. The fourth-order valence-electron chi connectivity index (χ4n) is 1.47. The molecule has 0 aliphatic heterocycles. The van der Waals surface area contributed by atoms with Crippen molar-refractivity contribution in [2.75, 3.05) is 0 Å². The lowest BCUT2D eigenvalue weighted by molar-refractivity contribution is -0.151. The number of ether oxygens (including phenoxy) is 1. The van der Waals surface area contributed by atoms with Gasteiger partial charge in [0.1, 0.15) is 6.10 Å². The van der Waals surface area contributed by atoms with E-state index in [0.717, 1.165) is 0 Å². The van der Waals surface area contributed by atoms with Gasteiger partial charge >= 0.3 is 5.97 Å². The van der Waals surface area contributed by atoms with Crippen molar-refractivity contribution in [2.45, 2.75) is 51.8 Å². The third-order valence-electron chi connectivity index (χ3n) is 1.92. The fourth-order valence-corrected chi connectivity index (χ4v) is 1.47. The molecule has 0 aliphatic rings. The van der Waals surface area contributed by atoms with Gasteiger partial charge in [-0.15, -0.1) is 0 Å². The Labute approximate surface area is 91.7 Å². The molecule has 0 saturated carbocycles. The molecule has 88 valence electrons. The zero-order valence-electron chi connectivity index (χ0n) is 10.3. The molecule has 4 heteroatoms. The molecule has 0 amide bonds. The monoisotopic (exact) mass is 214 g/mol. The second kappa shape index (κ2) is 4.33. The number of carbonyl (C=O) groups excluding carboxylic acids is 1. The van der Waals surface area contributed by atoms with Crippen LogP contribution in [-0.4, -0.2) is 23.2 Å². The molecule has 15 heavy (non-hydrogen) atoms. The Balaban J connectivity index is 4.85. The number of rotatable bonds is 4. The van der Waals surface area contributed by atoms with Gasteiger partial charge < -0.3 is 16.2 Å². The standard InChI is InChI=1S/C11H22N2O2/c1-7(2)8(14)15-9(10(3,4)12)11(5,6)13/h9H,1,12-13H2,2-6H3. The summed E-state index contributed by atoms with van der Waals surface area (Å²) in [5, 5.41) is 0. The topological polar surface area (TPSA) is 78.3 Å². The SMILES string of the molecule is C=C(C)C(=O)OC(C(C)(C)N)C(C)(C)N. The maximum Gasteiger partial charge on any atom is 0.333 e. The van der Waals surface area contributed by atoms with Crippen molar-refractivity contribution < 1.29 is 9.53 Å². The average Bonchev–Trinajstić information content (AvgIpc) is 1.94. The summed E-state index contributed by atoms with van der Waals surface area (Å²) in [7, 11) is 0. The van der Waals surface area contributed by atoms with Gasteiger partial charge in [0.05, 0.1) is 0 Å². The molecule has 4 N–H and O–H groups in total. The Bertz CT molecular complexity index is 245. The van der Waals surface area contributed by atoms with Crippen LogP contribution in [0.1, 0.15) is 34.6 Å². The molecule has 4 nitrogen and oxygen atoms in total. The first-order valence-corrected chi connectivity index (χ1v) is 4.90. The minimum Gasteiger partial charge on any atom is -0.455 e. The first-order valence-electron chi connectivity index (χ1n) is 4.90. The molecule has 0 spiro atoms. The molecule has 0 saturated heterocycles. The Morgan fingerprint density at radius 3 is 1.73 bits per heavy atom. The molecule has 0 radical (unpaired) electrons. The Kier molecular flexibility index (Phi) is 4.08. The lowest BCUT2D eigenvalue weighted by atomic mass is 9.84. The summed E-state index contributed by atoms with van der Waals surface area (Å²) in [4.78, 5) is 11.4. The number of hydrogen-bond acceptors (Lipinski definition) is 4. The van der Waals surface area contributed by atoms with Gasteiger partial charge in [-0.2, -0.15) is 0 Å². The van der Waals surface area contributed by atoms with Crippen LogP contribution in [0.2, 0.25) is 0 Å². The third-order valence-corrected chi connectivity index (χ3v) is 1.92. The molecule has 0 atom stereocenters. The quantitative estimate of drug-likeness (QED) is 0.539. The largest absolute Gasteiger partial charge is 0.455 e. The second-order valence-corrected chi connectivity index (χ2v) is 5.21. The van der Waals surface area contributed by atoms with Crippen molar-refractivity contribution in [3.8, 4) is 0 Å². The van der Waals surface area contributed by atoms with E-state index in [1.54, 1.807) is 34.6 Å². The fraction of sp³-hybridized carbons (Fsp3) is 0.727. The van der Waals surface area contributed by atoms with E-state index in [2.05, 4.69) is 6.58 Å². The van der Waals surface area contributed by atoms with E-state index in [-0.39, 0.29) is 0 Å². The van der Waals surface area contributed by atoms with Crippen molar-refractivity contribution in [2.24, 2.45) is 11.5 Å². The predicted molar refractivity (Wildman–Crippen MR) is 61.2 cm³/mol. The Hall–Kier alpha value is -0.870. The Morgan fingerprint density at radius 1 is 1.20 bits per heavy atom. The maximum absolute atomic E-state index is 11.4. The molecular formula is C11H22N2O2. The molecule has 0 aromatic heterocycles. The van der Waals surface area contributed by atoms with E-state index in [1.807, 2.05) is 0 Å². The average molecular weight is 214 g/mol. The number of nitrogens with two attached hydrogens (primary N) is 2. The van der Waals surface area contributed by atoms with Gasteiger partial charge in [-0.1, -0.05) is 6.58 Å². The van der Waals surface area contributed by atoms with Crippen molar-refractivity contribution in [3.05, 3.63) is 12.2 Å². The molecule has 0 bridgehead atoms. The molecule has 0 aliphatic carbocycles. The third kappa shape index (κ3) is 4.44. The maximum atomic E-state index is 11.4. The number of hydrogen-bond donors (Lipinski definition) is 2. The highest BCUT2D eigenvalue weighted by Crippen LogP contribution is 2.21. The van der Waals surface area contributed by atoms with Crippen LogP contribution in [0.3, 0.4) is 0 Å². The number of esters is 1. The summed E-state index contributed by atoms with van der Waals surface area (Å²) in [5.74, 6) is -0.461. The van der Waals surface area contributed by atoms with E-state index in [0.29, 0.717) is 5.57 Å². The second-order valence-electron chi connectivity index (χ2n) is 5.21. The molecule has 0 fully saturated rings. The van der Waals surface area contributed by atoms with Gasteiger partial charge in [0, 0.05) is 16.7 Å². The van der Waals surface area contributed by atoms with E-state index in [4.69, 9.17) is 16.2 Å². The van der Waals surface area contributed by atoms with Crippen molar-refractivity contribution in [3.63, 3.8) is 0 Å². The van der Waals surface area contributed by atoms with Gasteiger partial charge in [0.2, 0.25) is 0 Å². The summed E-state index contributed by atoms with van der Waals surface area (Å²) in [6.45, 7) is 12.2. The first kappa shape index (κ1) is 14.1. The van der Waals surface area contributed by atoms with Crippen molar-refractivity contribution >= 4 is 5.97 Å². The van der Waals surface area contributed by atoms with E-state index >= 15 is 0 Å². The van der Waals surface area contributed by atoms with Crippen molar-refractivity contribution in [1.82, 2.24) is 0 Å². The van der Waals surface area contributed by atoms with Crippen LogP contribution in [0, 0.1) is 0 Å². The lowest BCUT2D eigenvalue weighted by Gasteiger charge is -2.39. The first-order chi connectivity index (χ1) is 6.46. The molecular weight excluding hydrogens is 192 g/mol. The van der Waals surface area contributed by atoms with Gasteiger partial charge in [0.15, 0.2) is 0 Å². The molecule has 0 heterocycles. The molecule has 0 aromatic carbocycles. The van der Waals surface area contributed by atoms with Crippen LogP contribution in [0.4, 0.5) is 0 Å². The summed E-state index contributed by atoms with van der Waals surface area (Å²) >= 11 is 0. The smallest absolute Gasteiger partial charge is 0.333 e. The summed E-state index contributed by atoms with van der Waals surface area (Å²) in [6, 6.07) is 0. The zero-order chi connectivity index (χ0) is 12.4. The van der Waals surface area contributed by atoms with Crippen LogP contribution < -0.4 is 11.5 Å². The minimum absolute atomic E-state index is 0.341.